The van der Waals surface area contributed by atoms with E-state index >= 15 is 0 Å². The van der Waals surface area contributed by atoms with E-state index in [-0.39, 0.29) is 5.41 Å². The number of ether oxygens (including phenoxy) is 1. The standard InChI is InChI=1S/C15H25NO/c1-11-8-13(15(2,3)4)6-7-14(11)12(9-16)10-17-5/h6-8,12H,9-10,16H2,1-5H3. The summed E-state index contributed by atoms with van der Waals surface area (Å²) >= 11 is 0. The van der Waals surface area contributed by atoms with Gasteiger partial charge in [-0.25, -0.2) is 0 Å². The van der Waals surface area contributed by atoms with Gasteiger partial charge in [0.2, 0.25) is 0 Å². The van der Waals surface area contributed by atoms with Gasteiger partial charge in [0.15, 0.2) is 0 Å². The predicted octanol–water partition coefficient (Wildman–Crippen LogP) is 2.98. The molecule has 0 heterocycles. The molecule has 0 saturated heterocycles. The van der Waals surface area contributed by atoms with Gasteiger partial charge in [0.05, 0.1) is 6.61 Å². The second kappa shape index (κ2) is 5.65. The Balaban J connectivity index is 3.04. The molecule has 2 nitrogen and oxygen atoms in total. The Hall–Kier alpha value is -0.860. The summed E-state index contributed by atoms with van der Waals surface area (Å²) in [6.45, 7) is 10.2. The second-order valence-electron chi connectivity index (χ2n) is 5.71. The third-order valence-corrected chi connectivity index (χ3v) is 3.23. The molecule has 0 aliphatic carbocycles. The molecule has 0 aliphatic heterocycles. The van der Waals surface area contributed by atoms with E-state index in [2.05, 4.69) is 45.9 Å². The minimum atomic E-state index is 0.197. The van der Waals surface area contributed by atoms with E-state index in [4.69, 9.17) is 10.5 Å². The second-order valence-corrected chi connectivity index (χ2v) is 5.71. The third-order valence-electron chi connectivity index (χ3n) is 3.23. The highest BCUT2D eigenvalue weighted by atomic mass is 16.5. The zero-order valence-electron chi connectivity index (χ0n) is 11.7. The van der Waals surface area contributed by atoms with E-state index in [1.54, 1.807) is 7.11 Å². The lowest BCUT2D eigenvalue weighted by atomic mass is 9.84. The molecule has 0 saturated carbocycles. The molecular weight excluding hydrogens is 210 g/mol. The number of methoxy groups -OCH3 is 1. The van der Waals surface area contributed by atoms with Gasteiger partial charge in [-0.2, -0.15) is 0 Å². The Morgan fingerprint density at radius 1 is 1.29 bits per heavy atom. The molecule has 17 heavy (non-hydrogen) atoms. The van der Waals surface area contributed by atoms with Crippen LogP contribution < -0.4 is 5.73 Å². The van der Waals surface area contributed by atoms with Gasteiger partial charge in [0, 0.05) is 19.6 Å². The van der Waals surface area contributed by atoms with Gasteiger partial charge >= 0.3 is 0 Å². The van der Waals surface area contributed by atoms with Crippen molar-refractivity contribution in [2.75, 3.05) is 20.3 Å². The normalized spacial score (nSPS) is 13.8. The molecule has 1 rings (SSSR count). The van der Waals surface area contributed by atoms with Crippen LogP contribution in [-0.2, 0) is 10.2 Å². The van der Waals surface area contributed by atoms with Crippen LogP contribution >= 0.6 is 0 Å². The molecule has 2 N–H and O–H groups in total. The topological polar surface area (TPSA) is 35.2 Å². The van der Waals surface area contributed by atoms with E-state index in [0.29, 0.717) is 19.1 Å². The summed E-state index contributed by atoms with van der Waals surface area (Å²) in [6.07, 6.45) is 0. The van der Waals surface area contributed by atoms with Gasteiger partial charge in [0.25, 0.3) is 0 Å². The average Bonchev–Trinajstić information content (AvgIpc) is 2.25. The van der Waals surface area contributed by atoms with Crippen molar-refractivity contribution in [3.63, 3.8) is 0 Å². The number of aryl methyl sites for hydroxylation is 1. The maximum Gasteiger partial charge on any atom is 0.0543 e. The fourth-order valence-corrected chi connectivity index (χ4v) is 2.09. The quantitative estimate of drug-likeness (QED) is 0.870. The largest absolute Gasteiger partial charge is 0.384 e. The van der Waals surface area contributed by atoms with Crippen LogP contribution in [0.4, 0.5) is 0 Å². The van der Waals surface area contributed by atoms with Crippen molar-refractivity contribution in [3.05, 3.63) is 34.9 Å². The first-order valence-corrected chi connectivity index (χ1v) is 6.20. The SMILES string of the molecule is COCC(CN)c1ccc(C(C)(C)C)cc1C. The summed E-state index contributed by atoms with van der Waals surface area (Å²) in [7, 11) is 1.72. The van der Waals surface area contributed by atoms with Crippen molar-refractivity contribution in [2.45, 2.75) is 39.0 Å². The molecule has 0 fully saturated rings. The summed E-state index contributed by atoms with van der Waals surface area (Å²) < 4.78 is 5.22. The Kier molecular flexibility index (Phi) is 4.72. The van der Waals surface area contributed by atoms with Crippen molar-refractivity contribution in [3.8, 4) is 0 Å². The number of rotatable bonds is 4. The maximum atomic E-state index is 5.80. The minimum absolute atomic E-state index is 0.197. The van der Waals surface area contributed by atoms with E-state index < -0.39 is 0 Å². The molecule has 0 spiro atoms. The Labute approximate surface area is 105 Å². The van der Waals surface area contributed by atoms with Crippen molar-refractivity contribution < 1.29 is 4.74 Å². The Bertz CT molecular complexity index is 366. The minimum Gasteiger partial charge on any atom is -0.384 e. The van der Waals surface area contributed by atoms with Crippen LogP contribution in [0.25, 0.3) is 0 Å². The van der Waals surface area contributed by atoms with E-state index in [0.717, 1.165) is 0 Å². The Morgan fingerprint density at radius 3 is 2.35 bits per heavy atom. The monoisotopic (exact) mass is 235 g/mol. The van der Waals surface area contributed by atoms with Gasteiger partial charge in [-0.3, -0.25) is 0 Å². The van der Waals surface area contributed by atoms with Crippen LogP contribution in [0.15, 0.2) is 18.2 Å². The van der Waals surface area contributed by atoms with Crippen LogP contribution in [0, 0.1) is 6.92 Å². The van der Waals surface area contributed by atoms with Gasteiger partial charge in [-0.05, 0) is 29.0 Å². The van der Waals surface area contributed by atoms with Crippen LogP contribution in [0.5, 0.6) is 0 Å². The lowest BCUT2D eigenvalue weighted by Crippen LogP contribution is -2.19. The molecule has 1 unspecified atom stereocenters. The highest BCUT2D eigenvalue weighted by Crippen LogP contribution is 2.27. The molecule has 1 aromatic carbocycles. The summed E-state index contributed by atoms with van der Waals surface area (Å²) in [6, 6.07) is 6.68. The molecule has 0 radical (unpaired) electrons. The van der Waals surface area contributed by atoms with Gasteiger partial charge in [-0.15, -0.1) is 0 Å². The average molecular weight is 235 g/mol. The molecule has 96 valence electrons. The van der Waals surface area contributed by atoms with Gasteiger partial charge < -0.3 is 10.5 Å². The Morgan fingerprint density at radius 2 is 1.94 bits per heavy atom. The maximum absolute atomic E-state index is 5.80. The molecule has 0 bridgehead atoms. The van der Waals surface area contributed by atoms with Crippen LogP contribution in [-0.4, -0.2) is 20.3 Å². The van der Waals surface area contributed by atoms with Crippen molar-refractivity contribution in [2.24, 2.45) is 5.73 Å². The molecule has 1 aromatic rings. The summed E-state index contributed by atoms with van der Waals surface area (Å²) in [4.78, 5) is 0. The molecule has 0 aliphatic rings. The smallest absolute Gasteiger partial charge is 0.0543 e. The number of benzene rings is 1. The van der Waals surface area contributed by atoms with Gasteiger partial charge in [0.1, 0.15) is 0 Å². The molecule has 1 atom stereocenters. The zero-order valence-corrected chi connectivity index (χ0v) is 11.7. The number of hydrogen-bond donors (Lipinski definition) is 1. The molecule has 0 aromatic heterocycles. The van der Waals surface area contributed by atoms with E-state index in [1.807, 2.05) is 0 Å². The number of hydrogen-bond acceptors (Lipinski definition) is 2. The van der Waals surface area contributed by atoms with E-state index in [1.165, 1.54) is 16.7 Å². The summed E-state index contributed by atoms with van der Waals surface area (Å²) in [5, 5.41) is 0. The predicted molar refractivity (Wildman–Crippen MR) is 73.6 cm³/mol. The molecule has 2 heteroatoms. The van der Waals surface area contributed by atoms with Crippen LogP contribution in [0.1, 0.15) is 43.4 Å². The highest BCUT2D eigenvalue weighted by molar-refractivity contribution is 5.36. The lowest BCUT2D eigenvalue weighted by molar-refractivity contribution is 0.181. The summed E-state index contributed by atoms with van der Waals surface area (Å²) in [5.74, 6) is 0.300. The summed E-state index contributed by atoms with van der Waals surface area (Å²) in [5.41, 5.74) is 9.99. The fourth-order valence-electron chi connectivity index (χ4n) is 2.09. The lowest BCUT2D eigenvalue weighted by Gasteiger charge is -2.23. The molecule has 0 amide bonds. The fraction of sp³-hybridized carbons (Fsp3) is 0.600. The van der Waals surface area contributed by atoms with Crippen molar-refractivity contribution in [1.82, 2.24) is 0 Å². The van der Waals surface area contributed by atoms with Gasteiger partial charge in [-0.1, -0.05) is 39.0 Å². The highest BCUT2D eigenvalue weighted by Gasteiger charge is 2.17. The first-order chi connectivity index (χ1) is 7.90. The first kappa shape index (κ1) is 14.2. The van der Waals surface area contributed by atoms with Crippen LogP contribution in [0.3, 0.4) is 0 Å². The van der Waals surface area contributed by atoms with Crippen molar-refractivity contribution >= 4 is 0 Å². The first-order valence-electron chi connectivity index (χ1n) is 6.20. The van der Waals surface area contributed by atoms with Crippen molar-refractivity contribution in [1.29, 1.82) is 0 Å². The third kappa shape index (κ3) is 3.55. The van der Waals surface area contributed by atoms with Crippen LogP contribution in [0.2, 0.25) is 0 Å². The zero-order chi connectivity index (χ0) is 13.1. The molecular formula is C15H25NO. The van der Waals surface area contributed by atoms with E-state index in [9.17, 15) is 0 Å². The number of nitrogens with two attached hydrogens (primary N) is 1.